The zero-order valence-electron chi connectivity index (χ0n) is 7.53. The molecule has 3 heteroatoms. The van der Waals surface area contributed by atoms with Crippen molar-refractivity contribution in [2.24, 2.45) is 5.92 Å². The number of carboxylic acids is 1. The normalized spacial score (nSPS) is 9.62. The highest BCUT2D eigenvalue weighted by Gasteiger charge is 2.17. The Morgan fingerprint density at radius 1 is 1.23 bits per heavy atom. The quantitative estimate of drug-likeness (QED) is 0.482. The topological polar surface area (TPSA) is 54.4 Å². The Labute approximate surface area is 77.8 Å². The van der Waals surface area contributed by atoms with Crippen LogP contribution in [0.25, 0.3) is 0 Å². The van der Waals surface area contributed by atoms with E-state index in [1.807, 2.05) is 0 Å². The SMILES string of the molecule is C=CCC(CC=C)C(=O)CC(=O)O. The molecule has 72 valence electrons. The van der Waals surface area contributed by atoms with Gasteiger partial charge in [-0.2, -0.15) is 0 Å². The highest BCUT2D eigenvalue weighted by molar-refractivity contribution is 5.96. The average molecular weight is 182 g/mol. The summed E-state index contributed by atoms with van der Waals surface area (Å²) in [4.78, 5) is 21.5. The maximum Gasteiger partial charge on any atom is 0.310 e. The predicted octanol–water partition coefficient (Wildman–Crippen LogP) is 1.80. The summed E-state index contributed by atoms with van der Waals surface area (Å²) in [5.41, 5.74) is 0. The van der Waals surface area contributed by atoms with E-state index >= 15 is 0 Å². The van der Waals surface area contributed by atoms with E-state index in [4.69, 9.17) is 5.11 Å². The summed E-state index contributed by atoms with van der Waals surface area (Å²) >= 11 is 0. The second-order valence-electron chi connectivity index (χ2n) is 2.78. The molecule has 1 N–H and O–H groups in total. The molecule has 0 saturated carbocycles. The fourth-order valence-corrected chi connectivity index (χ4v) is 1.05. The van der Waals surface area contributed by atoms with Gasteiger partial charge < -0.3 is 5.11 Å². The number of carbonyl (C=O) groups is 2. The molecule has 0 heterocycles. The molecule has 0 fully saturated rings. The van der Waals surface area contributed by atoms with E-state index in [0.29, 0.717) is 12.8 Å². The zero-order chi connectivity index (χ0) is 10.3. The molecular weight excluding hydrogens is 168 g/mol. The Morgan fingerprint density at radius 2 is 1.69 bits per heavy atom. The molecule has 0 aromatic rings. The number of aliphatic carboxylic acids is 1. The lowest BCUT2D eigenvalue weighted by Gasteiger charge is -2.09. The minimum atomic E-state index is -1.08. The lowest BCUT2D eigenvalue weighted by molar-refractivity contribution is -0.141. The van der Waals surface area contributed by atoms with Gasteiger partial charge in [0, 0.05) is 5.92 Å². The summed E-state index contributed by atoms with van der Waals surface area (Å²) < 4.78 is 0. The largest absolute Gasteiger partial charge is 0.481 e. The standard InChI is InChI=1S/C10H14O3/c1-3-5-8(6-4-2)9(11)7-10(12)13/h3-4,8H,1-2,5-7H2,(H,12,13). The Morgan fingerprint density at radius 3 is 2.00 bits per heavy atom. The highest BCUT2D eigenvalue weighted by atomic mass is 16.4. The van der Waals surface area contributed by atoms with Gasteiger partial charge in [-0.15, -0.1) is 13.2 Å². The number of Topliss-reactive ketones (excluding diaryl/α,β-unsaturated/α-hetero) is 1. The van der Waals surface area contributed by atoms with Crippen LogP contribution in [0.1, 0.15) is 19.3 Å². The smallest absolute Gasteiger partial charge is 0.310 e. The fraction of sp³-hybridized carbons (Fsp3) is 0.400. The molecule has 0 spiro atoms. The molecule has 13 heavy (non-hydrogen) atoms. The van der Waals surface area contributed by atoms with Crippen molar-refractivity contribution in [2.45, 2.75) is 19.3 Å². The molecule has 0 aliphatic heterocycles. The highest BCUT2D eigenvalue weighted by Crippen LogP contribution is 2.13. The van der Waals surface area contributed by atoms with Gasteiger partial charge in [-0.05, 0) is 12.8 Å². The molecule has 0 aliphatic rings. The van der Waals surface area contributed by atoms with E-state index in [-0.39, 0.29) is 11.7 Å². The second-order valence-corrected chi connectivity index (χ2v) is 2.78. The van der Waals surface area contributed by atoms with Gasteiger partial charge in [-0.1, -0.05) is 12.2 Å². The molecule has 0 aliphatic carbocycles. The maximum atomic E-state index is 11.3. The van der Waals surface area contributed by atoms with Gasteiger partial charge in [0.2, 0.25) is 0 Å². The first-order valence-electron chi connectivity index (χ1n) is 4.08. The number of rotatable bonds is 7. The molecule has 0 amide bonds. The van der Waals surface area contributed by atoms with E-state index in [1.165, 1.54) is 0 Å². The van der Waals surface area contributed by atoms with Crippen LogP contribution in [-0.4, -0.2) is 16.9 Å². The summed E-state index contributed by atoms with van der Waals surface area (Å²) in [5, 5.41) is 8.40. The summed E-state index contributed by atoms with van der Waals surface area (Å²) in [5.74, 6) is -1.61. The number of carboxylic acid groups (broad SMARTS) is 1. The van der Waals surface area contributed by atoms with Crippen LogP contribution in [0.15, 0.2) is 25.3 Å². The van der Waals surface area contributed by atoms with Gasteiger partial charge in [0.25, 0.3) is 0 Å². The van der Waals surface area contributed by atoms with Crippen LogP contribution in [0.4, 0.5) is 0 Å². The van der Waals surface area contributed by atoms with E-state index in [0.717, 1.165) is 0 Å². The first-order chi connectivity index (χ1) is 6.11. The monoisotopic (exact) mass is 182 g/mol. The van der Waals surface area contributed by atoms with Gasteiger partial charge in [0.05, 0.1) is 0 Å². The third-order valence-corrected chi connectivity index (χ3v) is 1.68. The number of ketones is 1. The third-order valence-electron chi connectivity index (χ3n) is 1.68. The van der Waals surface area contributed by atoms with Gasteiger partial charge in [0.1, 0.15) is 12.2 Å². The Balaban J connectivity index is 4.17. The fourth-order valence-electron chi connectivity index (χ4n) is 1.05. The van der Waals surface area contributed by atoms with Crippen LogP contribution >= 0.6 is 0 Å². The van der Waals surface area contributed by atoms with Crippen molar-refractivity contribution in [3.8, 4) is 0 Å². The lowest BCUT2D eigenvalue weighted by atomic mass is 9.94. The van der Waals surface area contributed by atoms with Crippen LogP contribution < -0.4 is 0 Å². The minimum Gasteiger partial charge on any atom is -0.481 e. The molecule has 0 saturated heterocycles. The van der Waals surface area contributed by atoms with E-state index in [9.17, 15) is 9.59 Å². The van der Waals surface area contributed by atoms with Crippen molar-refractivity contribution < 1.29 is 14.7 Å². The third kappa shape index (κ3) is 4.95. The first-order valence-corrected chi connectivity index (χ1v) is 4.08. The minimum absolute atomic E-state index is 0.257. The summed E-state index contributed by atoms with van der Waals surface area (Å²) in [6.07, 6.45) is 3.85. The second kappa shape index (κ2) is 6.17. The van der Waals surface area contributed by atoms with Crippen molar-refractivity contribution in [1.82, 2.24) is 0 Å². The number of hydrogen-bond donors (Lipinski definition) is 1. The van der Waals surface area contributed by atoms with E-state index in [1.54, 1.807) is 12.2 Å². The van der Waals surface area contributed by atoms with Crippen molar-refractivity contribution in [1.29, 1.82) is 0 Å². The molecule has 0 atom stereocenters. The Bertz CT molecular complexity index is 208. The predicted molar refractivity (Wildman–Crippen MR) is 50.4 cm³/mol. The van der Waals surface area contributed by atoms with E-state index in [2.05, 4.69) is 13.2 Å². The molecule has 0 rings (SSSR count). The summed E-state index contributed by atoms with van der Waals surface area (Å²) in [6.45, 7) is 7.02. The maximum absolute atomic E-state index is 11.3. The first kappa shape index (κ1) is 11.6. The van der Waals surface area contributed by atoms with Crippen molar-refractivity contribution >= 4 is 11.8 Å². The summed E-state index contributed by atoms with van der Waals surface area (Å²) in [6, 6.07) is 0. The van der Waals surface area contributed by atoms with Crippen LogP contribution in [0.2, 0.25) is 0 Å². The van der Waals surface area contributed by atoms with Gasteiger partial charge in [-0.3, -0.25) is 9.59 Å². The van der Waals surface area contributed by atoms with Gasteiger partial charge in [-0.25, -0.2) is 0 Å². The number of carbonyl (C=O) groups excluding carboxylic acids is 1. The van der Waals surface area contributed by atoms with Crippen molar-refractivity contribution in [3.63, 3.8) is 0 Å². The van der Waals surface area contributed by atoms with Crippen molar-refractivity contribution in [3.05, 3.63) is 25.3 Å². The molecule has 3 nitrogen and oxygen atoms in total. The summed E-state index contributed by atoms with van der Waals surface area (Å²) in [7, 11) is 0. The van der Waals surface area contributed by atoms with Crippen LogP contribution in [0, 0.1) is 5.92 Å². The van der Waals surface area contributed by atoms with Crippen LogP contribution in [0.3, 0.4) is 0 Å². The Hall–Kier alpha value is -1.38. The van der Waals surface area contributed by atoms with Crippen LogP contribution in [0.5, 0.6) is 0 Å². The van der Waals surface area contributed by atoms with E-state index < -0.39 is 12.4 Å². The molecule has 0 aromatic heterocycles. The van der Waals surface area contributed by atoms with Crippen LogP contribution in [-0.2, 0) is 9.59 Å². The molecule has 0 radical (unpaired) electrons. The zero-order valence-corrected chi connectivity index (χ0v) is 7.53. The molecular formula is C10H14O3. The number of hydrogen-bond acceptors (Lipinski definition) is 2. The average Bonchev–Trinajstić information content (AvgIpc) is 2.02. The molecule has 0 bridgehead atoms. The Kier molecular flexibility index (Phi) is 5.52. The lowest BCUT2D eigenvalue weighted by Crippen LogP contribution is -2.17. The molecule has 0 aromatic carbocycles. The van der Waals surface area contributed by atoms with Crippen molar-refractivity contribution in [2.75, 3.05) is 0 Å². The number of allylic oxidation sites excluding steroid dienone is 2. The van der Waals surface area contributed by atoms with Gasteiger partial charge in [0.15, 0.2) is 0 Å². The molecule has 0 unspecified atom stereocenters. The van der Waals surface area contributed by atoms with Gasteiger partial charge >= 0.3 is 5.97 Å².